The SMILES string of the molecule is CC1(C)OC2COC(CO)(OCCCl)C(=O)C2O1.[Ac]. The molecule has 1 radical (unpaired) electrons. The van der Waals surface area contributed by atoms with Gasteiger partial charge < -0.3 is 24.1 Å². The molecule has 1 N–H and O–H groups in total. The van der Waals surface area contributed by atoms with Crippen LogP contribution < -0.4 is 0 Å². The molecule has 0 aliphatic carbocycles. The van der Waals surface area contributed by atoms with E-state index < -0.39 is 36.2 Å². The third-order valence-corrected chi connectivity index (χ3v) is 3.07. The second kappa shape index (κ2) is 6.97. The summed E-state index contributed by atoms with van der Waals surface area (Å²) in [5.41, 5.74) is 0. The van der Waals surface area contributed by atoms with Crippen molar-refractivity contribution < 1.29 is 72.9 Å². The number of aliphatic hydroxyl groups excluding tert-OH is 1. The van der Waals surface area contributed by atoms with Crippen LogP contribution in [-0.4, -0.2) is 60.4 Å². The minimum absolute atomic E-state index is 0. The summed E-state index contributed by atoms with van der Waals surface area (Å²) in [6, 6.07) is 0. The summed E-state index contributed by atoms with van der Waals surface area (Å²) < 4.78 is 21.7. The van der Waals surface area contributed by atoms with E-state index >= 15 is 0 Å². The average Bonchev–Trinajstić information content (AvgIpc) is 2.65. The van der Waals surface area contributed by atoms with E-state index in [2.05, 4.69) is 0 Å². The summed E-state index contributed by atoms with van der Waals surface area (Å²) in [5, 5.41) is 9.38. The average molecular weight is 508 g/mol. The van der Waals surface area contributed by atoms with Crippen LogP contribution >= 0.6 is 11.6 Å². The van der Waals surface area contributed by atoms with Gasteiger partial charge in [-0.15, -0.1) is 11.6 Å². The van der Waals surface area contributed by atoms with Crippen molar-refractivity contribution in [3.63, 3.8) is 0 Å². The molecule has 0 bridgehead atoms. The molecule has 2 rings (SSSR count). The predicted molar refractivity (Wildman–Crippen MR) is 61.3 cm³/mol. The quantitative estimate of drug-likeness (QED) is 0.542. The molecule has 19 heavy (non-hydrogen) atoms. The fourth-order valence-electron chi connectivity index (χ4n) is 2.17. The molecule has 0 aromatic rings. The Bertz CT molecular complexity index is 339. The van der Waals surface area contributed by atoms with Crippen LogP contribution in [0.2, 0.25) is 0 Å². The fourth-order valence-corrected chi connectivity index (χ4v) is 2.25. The maximum absolute atomic E-state index is 12.3. The van der Waals surface area contributed by atoms with E-state index in [1.165, 1.54) is 0 Å². The van der Waals surface area contributed by atoms with E-state index in [0.29, 0.717) is 0 Å². The van der Waals surface area contributed by atoms with Gasteiger partial charge in [-0.25, -0.2) is 0 Å². The molecule has 3 unspecified atom stereocenters. The molecule has 2 aliphatic rings. The standard InChI is InChI=1S/C11H17ClO6.Ac/c1-10(2)17-7-5-16-11(6-13,15-4-3-12)9(14)8(7)18-10;/h7-8,13H,3-6H2,1-2H3;. The molecule has 6 nitrogen and oxygen atoms in total. The Morgan fingerprint density at radius 3 is 2.74 bits per heavy atom. The van der Waals surface area contributed by atoms with Crippen molar-refractivity contribution in [2.75, 3.05) is 25.7 Å². The number of alkyl halides is 1. The van der Waals surface area contributed by atoms with Gasteiger partial charge in [0.2, 0.25) is 5.78 Å². The monoisotopic (exact) mass is 507 g/mol. The van der Waals surface area contributed by atoms with Crippen LogP contribution in [0.3, 0.4) is 0 Å². The smallest absolute Gasteiger partial charge is 0.255 e. The Morgan fingerprint density at radius 1 is 1.47 bits per heavy atom. The van der Waals surface area contributed by atoms with Crippen molar-refractivity contribution in [1.29, 1.82) is 0 Å². The minimum atomic E-state index is -1.68. The van der Waals surface area contributed by atoms with Gasteiger partial charge in [-0.05, 0) is 13.8 Å². The third-order valence-electron chi connectivity index (χ3n) is 2.92. The van der Waals surface area contributed by atoms with E-state index in [-0.39, 0.29) is 63.2 Å². The first-order valence-corrected chi connectivity index (χ1v) is 6.32. The molecule has 0 saturated carbocycles. The molecule has 0 aromatic carbocycles. The molecular formula is C11H17AcClO6. The largest absolute Gasteiger partial charge is 0.390 e. The Kier molecular flexibility index (Phi) is 6.70. The Morgan fingerprint density at radius 2 is 2.16 bits per heavy atom. The van der Waals surface area contributed by atoms with Gasteiger partial charge in [-0.1, -0.05) is 0 Å². The number of rotatable bonds is 4. The molecule has 0 spiro atoms. The number of hydrogen-bond acceptors (Lipinski definition) is 6. The zero-order valence-electron chi connectivity index (χ0n) is 10.9. The summed E-state index contributed by atoms with van der Waals surface area (Å²) in [6.07, 6.45) is -1.25. The van der Waals surface area contributed by atoms with Crippen LogP contribution in [0.15, 0.2) is 0 Å². The Labute approximate surface area is 152 Å². The van der Waals surface area contributed by atoms with Crippen LogP contribution in [0.25, 0.3) is 0 Å². The van der Waals surface area contributed by atoms with Crippen molar-refractivity contribution >= 4 is 17.4 Å². The van der Waals surface area contributed by atoms with Crippen LogP contribution in [0.4, 0.5) is 0 Å². The number of aliphatic hydroxyl groups is 1. The first-order valence-electron chi connectivity index (χ1n) is 5.79. The predicted octanol–water partition coefficient (Wildman–Crippen LogP) is 0.0498. The number of Topliss-reactive ketones (excluding diaryl/α,β-unsaturated/α-hetero) is 1. The Balaban J connectivity index is 0.00000180. The zero-order chi connectivity index (χ0) is 13.4. The number of hydrogen-bond donors (Lipinski definition) is 1. The van der Waals surface area contributed by atoms with Gasteiger partial charge in [0.25, 0.3) is 5.79 Å². The Hall–Kier alpha value is 1.20. The topological polar surface area (TPSA) is 74.2 Å². The van der Waals surface area contributed by atoms with E-state index in [4.69, 9.17) is 30.5 Å². The first kappa shape index (κ1) is 18.3. The van der Waals surface area contributed by atoms with Gasteiger partial charge in [0, 0.05) is 49.9 Å². The molecule has 0 amide bonds. The van der Waals surface area contributed by atoms with Crippen LogP contribution in [0, 0.1) is 44.1 Å². The van der Waals surface area contributed by atoms with Crippen LogP contribution in [0.1, 0.15) is 13.8 Å². The number of ketones is 1. The second-order valence-corrected chi connectivity index (χ2v) is 5.10. The number of carbonyl (C=O) groups is 1. The molecule has 3 atom stereocenters. The summed E-state index contributed by atoms with van der Waals surface area (Å²) >= 11 is 5.51. The van der Waals surface area contributed by atoms with E-state index in [1.54, 1.807) is 13.8 Å². The van der Waals surface area contributed by atoms with Gasteiger partial charge in [0.15, 0.2) is 11.9 Å². The minimum Gasteiger partial charge on any atom is -0.390 e. The van der Waals surface area contributed by atoms with E-state index in [1.807, 2.05) is 0 Å². The van der Waals surface area contributed by atoms with Crippen molar-refractivity contribution in [1.82, 2.24) is 0 Å². The molecule has 0 aromatic heterocycles. The second-order valence-electron chi connectivity index (χ2n) is 4.72. The van der Waals surface area contributed by atoms with Gasteiger partial charge in [0.1, 0.15) is 12.7 Å². The van der Waals surface area contributed by atoms with Gasteiger partial charge >= 0.3 is 0 Å². The molecule has 2 aliphatic heterocycles. The maximum atomic E-state index is 12.3. The molecule has 2 fully saturated rings. The van der Waals surface area contributed by atoms with Crippen molar-refractivity contribution in [3.05, 3.63) is 0 Å². The summed E-state index contributed by atoms with van der Waals surface area (Å²) in [6.45, 7) is 3.10. The fraction of sp³-hybridized carbons (Fsp3) is 0.909. The summed E-state index contributed by atoms with van der Waals surface area (Å²) in [5.74, 6) is -2.78. The first-order chi connectivity index (χ1) is 8.44. The zero-order valence-corrected chi connectivity index (χ0v) is 16.4. The molecule has 2 saturated heterocycles. The van der Waals surface area contributed by atoms with Crippen molar-refractivity contribution in [2.45, 2.75) is 37.6 Å². The maximum Gasteiger partial charge on any atom is 0.255 e. The molecule has 8 heteroatoms. The normalized spacial score (nSPS) is 36.7. The van der Waals surface area contributed by atoms with E-state index in [9.17, 15) is 9.90 Å². The number of fused-ring (bicyclic) bond motifs is 1. The van der Waals surface area contributed by atoms with E-state index in [0.717, 1.165) is 0 Å². The molecular weight excluding hydrogens is 491 g/mol. The van der Waals surface area contributed by atoms with Crippen LogP contribution in [0.5, 0.6) is 0 Å². The summed E-state index contributed by atoms with van der Waals surface area (Å²) in [4.78, 5) is 12.3. The van der Waals surface area contributed by atoms with Gasteiger partial charge in [0.05, 0.1) is 13.2 Å². The molecule has 2 heterocycles. The number of ether oxygens (including phenoxy) is 4. The van der Waals surface area contributed by atoms with Crippen LogP contribution in [-0.2, 0) is 23.7 Å². The molecule has 107 valence electrons. The number of carbonyl (C=O) groups excluding carboxylic acids is 1. The third kappa shape index (κ3) is 3.70. The van der Waals surface area contributed by atoms with Crippen molar-refractivity contribution in [3.8, 4) is 0 Å². The number of halogens is 1. The van der Waals surface area contributed by atoms with Crippen molar-refractivity contribution in [2.24, 2.45) is 0 Å². The van der Waals surface area contributed by atoms with Gasteiger partial charge in [-0.3, -0.25) is 4.79 Å². The van der Waals surface area contributed by atoms with Gasteiger partial charge in [-0.2, -0.15) is 0 Å². The summed E-state index contributed by atoms with van der Waals surface area (Å²) in [7, 11) is 0.